The molecule has 7 heteroatoms. The molecule has 26 heavy (non-hydrogen) atoms. The van der Waals surface area contributed by atoms with Gasteiger partial charge in [-0.25, -0.2) is 4.79 Å². The van der Waals surface area contributed by atoms with Gasteiger partial charge in [-0.3, -0.25) is 14.9 Å². The Hall–Kier alpha value is -2.41. The van der Waals surface area contributed by atoms with Crippen LogP contribution >= 0.6 is 0 Å². The van der Waals surface area contributed by atoms with Crippen molar-refractivity contribution in [2.45, 2.75) is 32.7 Å². The summed E-state index contributed by atoms with van der Waals surface area (Å²) < 4.78 is 5.16. The fourth-order valence-electron chi connectivity index (χ4n) is 3.43. The zero-order valence-corrected chi connectivity index (χ0v) is 15.4. The van der Waals surface area contributed by atoms with Crippen LogP contribution in [-0.2, 0) is 14.3 Å². The molecule has 0 aliphatic carbocycles. The first-order valence-corrected chi connectivity index (χ1v) is 9.21. The quantitative estimate of drug-likeness (QED) is 0.641. The second kappa shape index (κ2) is 9.91. The first-order chi connectivity index (χ1) is 12.6. The van der Waals surface area contributed by atoms with Gasteiger partial charge in [-0.1, -0.05) is 30.3 Å². The molecule has 3 amide bonds. The third kappa shape index (κ3) is 5.29. The van der Waals surface area contributed by atoms with Crippen molar-refractivity contribution < 1.29 is 24.0 Å². The first-order valence-electron chi connectivity index (χ1n) is 9.21. The van der Waals surface area contributed by atoms with E-state index in [0.29, 0.717) is 19.7 Å². The topological polar surface area (TPSA) is 88.9 Å². The SMILES string of the molecule is CCNC(=O)NC(=O)[C@H](c1ccccc1)[NH+]1CCC[C@H](C(=O)OCC)C1. The van der Waals surface area contributed by atoms with Crippen molar-refractivity contribution in [2.75, 3.05) is 26.2 Å². The number of ether oxygens (including phenoxy) is 1. The maximum Gasteiger partial charge on any atom is 0.321 e. The molecule has 0 aromatic heterocycles. The van der Waals surface area contributed by atoms with Gasteiger partial charge in [0.2, 0.25) is 0 Å². The molecule has 1 aliphatic rings. The van der Waals surface area contributed by atoms with Crippen LogP contribution in [0.25, 0.3) is 0 Å². The predicted octanol–water partition coefficient (Wildman–Crippen LogP) is 0.431. The average Bonchev–Trinajstić information content (AvgIpc) is 2.63. The van der Waals surface area contributed by atoms with Crippen molar-refractivity contribution in [1.82, 2.24) is 10.6 Å². The lowest BCUT2D eigenvalue weighted by Crippen LogP contribution is -3.15. The molecule has 1 aromatic rings. The Bertz CT molecular complexity index is 620. The monoisotopic (exact) mass is 362 g/mol. The van der Waals surface area contributed by atoms with Gasteiger partial charge in [0.05, 0.1) is 19.7 Å². The number of piperidine rings is 1. The molecule has 0 bridgehead atoms. The molecular weight excluding hydrogens is 334 g/mol. The van der Waals surface area contributed by atoms with Crippen molar-refractivity contribution in [3.05, 3.63) is 35.9 Å². The molecule has 2 rings (SSSR count). The van der Waals surface area contributed by atoms with Gasteiger partial charge in [-0.05, 0) is 26.7 Å². The number of esters is 1. The van der Waals surface area contributed by atoms with Gasteiger partial charge >= 0.3 is 12.0 Å². The summed E-state index contributed by atoms with van der Waals surface area (Å²) in [6.45, 7) is 5.65. The van der Waals surface area contributed by atoms with Gasteiger partial charge in [-0.2, -0.15) is 0 Å². The Labute approximate surface area is 154 Å². The van der Waals surface area contributed by atoms with Crippen LogP contribution in [0.15, 0.2) is 30.3 Å². The third-order valence-electron chi connectivity index (χ3n) is 4.56. The Morgan fingerprint density at radius 1 is 1.23 bits per heavy atom. The highest BCUT2D eigenvalue weighted by Crippen LogP contribution is 2.15. The number of benzene rings is 1. The van der Waals surface area contributed by atoms with E-state index in [4.69, 9.17) is 4.74 Å². The highest BCUT2D eigenvalue weighted by molar-refractivity contribution is 5.96. The lowest BCUT2D eigenvalue weighted by atomic mass is 9.94. The zero-order valence-electron chi connectivity index (χ0n) is 15.4. The second-order valence-electron chi connectivity index (χ2n) is 6.40. The van der Waals surface area contributed by atoms with E-state index in [2.05, 4.69) is 10.6 Å². The molecule has 0 saturated carbocycles. The Kier molecular flexibility index (Phi) is 7.59. The van der Waals surface area contributed by atoms with Gasteiger partial charge < -0.3 is 15.0 Å². The van der Waals surface area contributed by atoms with Crippen molar-refractivity contribution in [3.8, 4) is 0 Å². The minimum absolute atomic E-state index is 0.208. The normalized spacial score (nSPS) is 20.7. The van der Waals surface area contributed by atoms with Crippen LogP contribution in [0.5, 0.6) is 0 Å². The van der Waals surface area contributed by atoms with E-state index in [9.17, 15) is 14.4 Å². The number of carbonyl (C=O) groups is 3. The zero-order chi connectivity index (χ0) is 18.9. The lowest BCUT2D eigenvalue weighted by Gasteiger charge is -2.33. The molecule has 1 fully saturated rings. The molecule has 7 nitrogen and oxygen atoms in total. The van der Waals surface area contributed by atoms with Crippen LogP contribution in [0, 0.1) is 5.92 Å². The van der Waals surface area contributed by atoms with E-state index in [1.165, 1.54) is 0 Å². The summed E-state index contributed by atoms with van der Waals surface area (Å²) in [5, 5.41) is 5.00. The molecule has 1 unspecified atom stereocenters. The van der Waals surface area contributed by atoms with Crippen LogP contribution in [0.2, 0.25) is 0 Å². The first kappa shape index (κ1) is 19.9. The summed E-state index contributed by atoms with van der Waals surface area (Å²) in [4.78, 5) is 37.7. The number of amides is 3. The van der Waals surface area contributed by atoms with Gasteiger partial charge in [0.15, 0.2) is 6.04 Å². The Balaban J connectivity index is 2.19. The van der Waals surface area contributed by atoms with E-state index < -0.39 is 12.1 Å². The van der Waals surface area contributed by atoms with Gasteiger partial charge in [0, 0.05) is 12.1 Å². The molecule has 3 atom stereocenters. The summed E-state index contributed by atoms with van der Waals surface area (Å²) in [7, 11) is 0. The second-order valence-corrected chi connectivity index (χ2v) is 6.40. The smallest absolute Gasteiger partial charge is 0.321 e. The molecule has 1 aromatic carbocycles. The van der Waals surface area contributed by atoms with Crippen LogP contribution < -0.4 is 15.5 Å². The number of likely N-dealkylation sites (tertiary alicyclic amines) is 1. The summed E-state index contributed by atoms with van der Waals surface area (Å²) >= 11 is 0. The average molecular weight is 362 g/mol. The minimum atomic E-state index is -0.545. The van der Waals surface area contributed by atoms with Gasteiger partial charge in [0.1, 0.15) is 5.92 Å². The molecule has 1 heterocycles. The van der Waals surface area contributed by atoms with E-state index >= 15 is 0 Å². The van der Waals surface area contributed by atoms with Crippen LogP contribution in [-0.4, -0.2) is 44.1 Å². The van der Waals surface area contributed by atoms with Crippen molar-refractivity contribution in [2.24, 2.45) is 5.92 Å². The number of imide groups is 1. The summed E-state index contributed by atoms with van der Waals surface area (Å²) in [6.07, 6.45) is 1.60. The molecule has 1 saturated heterocycles. The molecule has 1 aliphatic heterocycles. The lowest BCUT2D eigenvalue weighted by molar-refractivity contribution is -0.929. The molecule has 3 N–H and O–H groups in total. The summed E-state index contributed by atoms with van der Waals surface area (Å²) in [5.74, 6) is -0.788. The number of nitrogens with one attached hydrogen (secondary N) is 3. The van der Waals surface area contributed by atoms with Crippen molar-refractivity contribution in [1.29, 1.82) is 0 Å². The highest BCUT2D eigenvalue weighted by Gasteiger charge is 2.38. The number of urea groups is 1. The summed E-state index contributed by atoms with van der Waals surface area (Å²) in [5.41, 5.74) is 0.828. The van der Waals surface area contributed by atoms with Crippen LogP contribution in [0.3, 0.4) is 0 Å². The molecular formula is C19H28N3O4+. The summed E-state index contributed by atoms with van der Waals surface area (Å²) in [6, 6.07) is 8.33. The molecule has 0 spiro atoms. The number of carbonyl (C=O) groups excluding carboxylic acids is 3. The standard InChI is InChI=1S/C19H27N3O4/c1-3-20-19(25)21-17(23)16(14-9-6-5-7-10-14)22-12-8-11-15(13-22)18(24)26-4-2/h5-7,9-10,15-16H,3-4,8,11-13H2,1-2H3,(H2,20,21,23,25)/p+1/t15-,16-/m0/s1. The number of quaternary nitrogens is 1. The van der Waals surface area contributed by atoms with Crippen LogP contribution in [0.1, 0.15) is 38.3 Å². The van der Waals surface area contributed by atoms with Crippen molar-refractivity contribution in [3.63, 3.8) is 0 Å². The van der Waals surface area contributed by atoms with Gasteiger partial charge in [0.25, 0.3) is 5.91 Å². The number of hydrogen-bond acceptors (Lipinski definition) is 4. The van der Waals surface area contributed by atoms with E-state index in [0.717, 1.165) is 29.8 Å². The van der Waals surface area contributed by atoms with Gasteiger partial charge in [-0.15, -0.1) is 0 Å². The fraction of sp³-hybridized carbons (Fsp3) is 0.526. The van der Waals surface area contributed by atoms with Crippen LogP contribution in [0.4, 0.5) is 4.79 Å². The fourth-order valence-corrected chi connectivity index (χ4v) is 3.43. The molecule has 142 valence electrons. The minimum Gasteiger partial charge on any atom is -0.466 e. The largest absolute Gasteiger partial charge is 0.466 e. The maximum absolute atomic E-state index is 12.8. The Morgan fingerprint density at radius 2 is 1.96 bits per heavy atom. The molecule has 0 radical (unpaired) electrons. The van der Waals surface area contributed by atoms with E-state index in [1.54, 1.807) is 13.8 Å². The van der Waals surface area contributed by atoms with E-state index in [-0.39, 0.29) is 17.8 Å². The third-order valence-corrected chi connectivity index (χ3v) is 4.56. The van der Waals surface area contributed by atoms with E-state index in [1.807, 2.05) is 30.3 Å². The Morgan fingerprint density at radius 3 is 2.62 bits per heavy atom. The number of hydrogen-bond donors (Lipinski definition) is 3. The van der Waals surface area contributed by atoms with Crippen molar-refractivity contribution >= 4 is 17.9 Å². The predicted molar refractivity (Wildman–Crippen MR) is 96.5 cm³/mol. The highest BCUT2D eigenvalue weighted by atomic mass is 16.5. The number of rotatable bonds is 6. The maximum atomic E-state index is 12.8.